The fourth-order valence-electron chi connectivity index (χ4n) is 3.31. The third-order valence-corrected chi connectivity index (χ3v) is 6.38. The molecule has 0 radical (unpaired) electrons. The fraction of sp³-hybridized carbons (Fsp3) is 0.414. The Morgan fingerprint density at radius 3 is 2.11 bits per heavy atom. The number of imidazole rings is 1. The molecule has 3 rings (SSSR count). The number of ether oxygens (including phenoxy) is 1. The number of aryl methyl sites for hydroxylation is 1. The second-order valence-electron chi connectivity index (χ2n) is 8.57. The van der Waals surface area contributed by atoms with E-state index < -0.39 is 0 Å². The average molecular weight is 531 g/mol. The van der Waals surface area contributed by atoms with Crippen LogP contribution in [0.5, 0.6) is 0 Å². The number of rotatable bonds is 8. The lowest BCUT2D eigenvalue weighted by Gasteiger charge is -2.20. The summed E-state index contributed by atoms with van der Waals surface area (Å²) >= 11 is 7.31. The number of hydrogen-bond acceptors (Lipinski definition) is 5. The van der Waals surface area contributed by atoms with Crippen LogP contribution in [-0.4, -0.2) is 34.2 Å². The molecule has 5 nitrogen and oxygen atoms in total. The van der Waals surface area contributed by atoms with Gasteiger partial charge in [-0.25, -0.2) is 9.78 Å². The smallest absolute Gasteiger partial charge is 0.356 e. The second-order valence-corrected chi connectivity index (χ2v) is 9.78. The van der Waals surface area contributed by atoms with Gasteiger partial charge >= 0.3 is 5.97 Å². The van der Waals surface area contributed by atoms with Crippen LogP contribution in [0.1, 0.15) is 68.9 Å². The minimum atomic E-state index is -0.311. The first-order valence-electron chi connectivity index (χ1n) is 12.2. The van der Waals surface area contributed by atoms with Crippen molar-refractivity contribution < 1.29 is 14.3 Å². The molecule has 0 spiro atoms. The SMILES string of the molecule is CC.CC(=O)C(C)(C)Cc1ccc(Cl)cc1.CCOC(=O)c1c(C)nc(SC)n1Cc1ccccc1. The number of halogens is 1. The van der Waals surface area contributed by atoms with Gasteiger partial charge in [-0.15, -0.1) is 0 Å². The number of Topliss-reactive ketones (excluding diaryl/α,β-unsaturated/α-hetero) is 1. The van der Waals surface area contributed by atoms with E-state index in [1.807, 2.05) is 100 Å². The highest BCUT2D eigenvalue weighted by atomic mass is 35.5. The molecule has 0 aliphatic rings. The topological polar surface area (TPSA) is 61.2 Å². The van der Waals surface area contributed by atoms with E-state index in [1.54, 1.807) is 13.8 Å². The monoisotopic (exact) mass is 530 g/mol. The van der Waals surface area contributed by atoms with Crippen LogP contribution in [0.25, 0.3) is 0 Å². The van der Waals surface area contributed by atoms with E-state index in [1.165, 1.54) is 11.8 Å². The van der Waals surface area contributed by atoms with Crippen molar-refractivity contribution in [3.63, 3.8) is 0 Å². The summed E-state index contributed by atoms with van der Waals surface area (Å²) in [5.74, 6) is -0.0961. The summed E-state index contributed by atoms with van der Waals surface area (Å²) in [6.07, 6.45) is 2.72. The summed E-state index contributed by atoms with van der Waals surface area (Å²) in [6.45, 7) is 14.2. The molecule has 7 heteroatoms. The Kier molecular flexibility index (Phi) is 13.6. The van der Waals surface area contributed by atoms with Crippen LogP contribution in [0.4, 0.5) is 0 Å². The van der Waals surface area contributed by atoms with Gasteiger partial charge in [-0.05, 0) is 56.7 Å². The number of carbonyl (C=O) groups is 2. The number of thioether (sulfide) groups is 1. The summed E-state index contributed by atoms with van der Waals surface area (Å²) in [7, 11) is 0. The van der Waals surface area contributed by atoms with Gasteiger partial charge in [-0.3, -0.25) is 4.79 Å². The van der Waals surface area contributed by atoms with Crippen molar-refractivity contribution in [3.05, 3.63) is 82.1 Å². The number of aromatic nitrogens is 2. The van der Waals surface area contributed by atoms with Gasteiger partial charge < -0.3 is 9.30 Å². The molecule has 0 saturated heterocycles. The molecule has 0 bridgehead atoms. The zero-order valence-corrected chi connectivity index (χ0v) is 24.3. The summed E-state index contributed by atoms with van der Waals surface area (Å²) in [5.41, 5.74) is 3.25. The second kappa shape index (κ2) is 15.5. The zero-order valence-electron chi connectivity index (χ0n) is 22.7. The minimum Gasteiger partial charge on any atom is -0.461 e. The number of carbonyl (C=O) groups excluding carboxylic acids is 2. The largest absolute Gasteiger partial charge is 0.461 e. The van der Waals surface area contributed by atoms with Crippen LogP contribution in [0.2, 0.25) is 5.02 Å². The third kappa shape index (κ3) is 9.47. The van der Waals surface area contributed by atoms with E-state index in [4.69, 9.17) is 16.3 Å². The molecule has 0 saturated carbocycles. The van der Waals surface area contributed by atoms with Crippen LogP contribution in [0.3, 0.4) is 0 Å². The molecule has 0 aliphatic heterocycles. The van der Waals surface area contributed by atoms with Crippen LogP contribution in [0, 0.1) is 12.3 Å². The van der Waals surface area contributed by atoms with Gasteiger partial charge in [0.2, 0.25) is 0 Å². The van der Waals surface area contributed by atoms with Gasteiger partial charge in [0.05, 0.1) is 18.8 Å². The maximum atomic E-state index is 12.1. The fourth-order valence-corrected chi connectivity index (χ4v) is 4.04. The molecule has 0 unspecified atom stereocenters. The van der Waals surface area contributed by atoms with Crippen LogP contribution in [-0.2, 0) is 22.5 Å². The van der Waals surface area contributed by atoms with Crippen molar-refractivity contribution in [1.29, 1.82) is 0 Å². The van der Waals surface area contributed by atoms with Crippen LogP contribution < -0.4 is 0 Å². The minimum absolute atomic E-state index is 0.215. The first-order valence-corrected chi connectivity index (χ1v) is 13.8. The number of hydrogen-bond donors (Lipinski definition) is 0. The Morgan fingerprint density at radius 1 is 1.03 bits per heavy atom. The summed E-state index contributed by atoms with van der Waals surface area (Å²) in [6, 6.07) is 17.7. The maximum absolute atomic E-state index is 12.1. The molecule has 196 valence electrons. The van der Waals surface area contributed by atoms with Gasteiger partial charge in [0, 0.05) is 10.4 Å². The molecule has 0 aliphatic carbocycles. The zero-order chi connectivity index (χ0) is 27.3. The van der Waals surface area contributed by atoms with Gasteiger partial charge in [-0.1, -0.05) is 93.5 Å². The molecule has 0 N–H and O–H groups in total. The molecule has 2 aromatic carbocycles. The van der Waals surface area contributed by atoms with Crippen molar-refractivity contribution in [2.24, 2.45) is 5.41 Å². The maximum Gasteiger partial charge on any atom is 0.356 e. The highest BCUT2D eigenvalue weighted by Crippen LogP contribution is 2.24. The number of benzene rings is 2. The lowest BCUT2D eigenvalue weighted by molar-refractivity contribution is -0.124. The number of esters is 1. The Morgan fingerprint density at radius 2 is 1.61 bits per heavy atom. The van der Waals surface area contributed by atoms with Gasteiger partial charge in [0.1, 0.15) is 5.78 Å². The Balaban J connectivity index is 0.000000356. The molecule has 1 heterocycles. The predicted octanol–water partition coefficient (Wildman–Crippen LogP) is 7.66. The normalized spacial score (nSPS) is 10.5. The summed E-state index contributed by atoms with van der Waals surface area (Å²) in [4.78, 5) is 27.9. The Hall–Kier alpha value is -2.57. The molecule has 36 heavy (non-hydrogen) atoms. The van der Waals surface area contributed by atoms with E-state index in [9.17, 15) is 9.59 Å². The predicted molar refractivity (Wildman–Crippen MR) is 151 cm³/mol. The molecule has 0 amide bonds. The van der Waals surface area contributed by atoms with Crippen LogP contribution in [0.15, 0.2) is 59.8 Å². The van der Waals surface area contributed by atoms with Crippen molar-refractivity contribution >= 4 is 35.1 Å². The van der Waals surface area contributed by atoms with Crippen molar-refractivity contribution in [2.45, 2.75) is 66.6 Å². The summed E-state index contributed by atoms with van der Waals surface area (Å²) < 4.78 is 7.06. The Bertz CT molecular complexity index is 1090. The lowest BCUT2D eigenvalue weighted by atomic mass is 9.82. The molecular formula is C29H39ClN2O3S. The highest BCUT2D eigenvalue weighted by Gasteiger charge is 2.24. The highest BCUT2D eigenvalue weighted by molar-refractivity contribution is 7.98. The van der Waals surface area contributed by atoms with E-state index in [0.29, 0.717) is 24.5 Å². The third-order valence-electron chi connectivity index (χ3n) is 5.45. The number of nitrogens with zero attached hydrogens (tertiary/aromatic N) is 2. The lowest BCUT2D eigenvalue weighted by Crippen LogP contribution is -2.23. The van der Waals surface area contributed by atoms with Crippen molar-refractivity contribution in [3.8, 4) is 0 Å². The average Bonchev–Trinajstić information content (AvgIpc) is 3.17. The molecule has 3 aromatic rings. The van der Waals surface area contributed by atoms with E-state index in [2.05, 4.69) is 4.98 Å². The first-order chi connectivity index (χ1) is 17.1. The van der Waals surface area contributed by atoms with E-state index >= 15 is 0 Å². The Labute approximate surface area is 225 Å². The molecule has 0 fully saturated rings. The molecular weight excluding hydrogens is 492 g/mol. The quantitative estimate of drug-likeness (QED) is 0.221. The molecule has 1 aromatic heterocycles. The standard InChI is InChI=1S/C15H18N2O2S.C12H15ClO.C2H6/c1-4-19-14(18)13-11(2)16-15(20-3)17(13)10-12-8-6-5-7-9-12;1-9(14)12(2,3)8-10-4-6-11(13)7-5-10;1-2/h5-9H,4,10H2,1-3H3;4-7H,8H2,1-3H3;1-2H3. The molecule has 0 atom stereocenters. The van der Waals surface area contributed by atoms with Crippen molar-refractivity contribution in [2.75, 3.05) is 12.9 Å². The summed E-state index contributed by atoms with van der Waals surface area (Å²) in [5, 5.41) is 1.56. The van der Waals surface area contributed by atoms with Crippen LogP contribution >= 0.6 is 23.4 Å². The van der Waals surface area contributed by atoms with Crippen molar-refractivity contribution in [1.82, 2.24) is 9.55 Å². The van der Waals surface area contributed by atoms with Gasteiger partial charge in [0.15, 0.2) is 10.9 Å². The number of ketones is 1. The first kappa shape index (κ1) is 31.5. The van der Waals surface area contributed by atoms with Gasteiger partial charge in [-0.2, -0.15) is 0 Å². The van der Waals surface area contributed by atoms with Gasteiger partial charge in [0.25, 0.3) is 0 Å². The van der Waals surface area contributed by atoms with E-state index in [0.717, 1.165) is 27.7 Å². The van der Waals surface area contributed by atoms with E-state index in [-0.39, 0.29) is 17.2 Å².